The van der Waals surface area contributed by atoms with E-state index in [1.165, 1.54) is 12.5 Å². The zero-order chi connectivity index (χ0) is 21.7. The largest absolute Gasteiger partial charge is 0.352 e. The summed E-state index contributed by atoms with van der Waals surface area (Å²) in [6, 6.07) is 5.36. The molecular formula is C21H23ClFN3O3S. The molecule has 0 unspecified atom stereocenters. The molecule has 1 aliphatic rings. The van der Waals surface area contributed by atoms with Gasteiger partial charge >= 0.3 is 0 Å². The summed E-state index contributed by atoms with van der Waals surface area (Å²) in [5.41, 5.74) is 0.806. The van der Waals surface area contributed by atoms with Crippen LogP contribution in [0.25, 0.3) is 0 Å². The predicted molar refractivity (Wildman–Crippen MR) is 116 cm³/mol. The maximum atomic E-state index is 13.2. The summed E-state index contributed by atoms with van der Waals surface area (Å²) >= 11 is 7.01. The van der Waals surface area contributed by atoms with Gasteiger partial charge in [-0.05, 0) is 49.6 Å². The van der Waals surface area contributed by atoms with Gasteiger partial charge in [0.1, 0.15) is 5.82 Å². The molecule has 30 heavy (non-hydrogen) atoms. The molecule has 3 amide bonds. The molecule has 3 N–H and O–H groups in total. The lowest BCUT2D eigenvalue weighted by molar-refractivity contribution is -0.121. The number of benzene rings is 1. The normalized spacial score (nSPS) is 14.2. The van der Waals surface area contributed by atoms with E-state index < -0.39 is 11.7 Å². The Kier molecular flexibility index (Phi) is 7.44. The first-order valence-corrected chi connectivity index (χ1v) is 11.0. The van der Waals surface area contributed by atoms with Crippen LogP contribution in [0.5, 0.6) is 0 Å². The number of anilines is 1. The van der Waals surface area contributed by atoms with Crippen LogP contribution >= 0.6 is 22.9 Å². The zero-order valence-corrected chi connectivity index (χ0v) is 18.1. The maximum Gasteiger partial charge on any atom is 0.262 e. The first kappa shape index (κ1) is 22.2. The molecule has 160 valence electrons. The van der Waals surface area contributed by atoms with Crippen LogP contribution in [0.2, 0.25) is 5.02 Å². The number of hydrogen-bond acceptors (Lipinski definition) is 4. The van der Waals surface area contributed by atoms with E-state index in [0.29, 0.717) is 15.4 Å². The van der Waals surface area contributed by atoms with Gasteiger partial charge in [-0.15, -0.1) is 11.3 Å². The highest BCUT2D eigenvalue weighted by Crippen LogP contribution is 2.28. The van der Waals surface area contributed by atoms with Crippen LogP contribution in [0.15, 0.2) is 24.3 Å². The van der Waals surface area contributed by atoms with E-state index in [1.807, 2.05) is 0 Å². The van der Waals surface area contributed by atoms with E-state index in [4.69, 9.17) is 11.6 Å². The third kappa shape index (κ3) is 5.79. The van der Waals surface area contributed by atoms with Gasteiger partial charge in [-0.2, -0.15) is 0 Å². The molecule has 1 aromatic heterocycles. The number of nitrogens with one attached hydrogen (secondary N) is 3. The van der Waals surface area contributed by atoms with E-state index in [0.717, 1.165) is 49.2 Å². The predicted octanol–water partition coefficient (Wildman–Crippen LogP) is 4.28. The van der Waals surface area contributed by atoms with Crippen LogP contribution in [0.4, 0.5) is 9.39 Å². The Morgan fingerprint density at radius 3 is 2.57 bits per heavy atom. The standard InChI is InChI=1S/C21H23ClFN3O3S/c1-12-9-18(26-20(28)15-8-7-13(23)10-16(15)22)30-19(12)21(29)24-11-17(27)25-14-5-3-2-4-6-14/h7-10,14H,2-6,11H2,1H3,(H,24,29)(H,25,27)(H,26,28). The minimum Gasteiger partial charge on any atom is -0.352 e. The summed E-state index contributed by atoms with van der Waals surface area (Å²) in [6.07, 6.45) is 5.38. The number of amides is 3. The molecule has 0 aliphatic heterocycles. The number of carbonyl (C=O) groups is 3. The Morgan fingerprint density at radius 1 is 1.13 bits per heavy atom. The number of carbonyl (C=O) groups excluding carboxylic acids is 3. The van der Waals surface area contributed by atoms with Crippen LogP contribution in [0, 0.1) is 12.7 Å². The molecule has 1 saturated carbocycles. The van der Waals surface area contributed by atoms with E-state index in [-0.39, 0.29) is 35.0 Å². The minimum absolute atomic E-state index is 0.00252. The summed E-state index contributed by atoms with van der Waals surface area (Å²) < 4.78 is 13.2. The second kappa shape index (κ2) is 10.0. The number of thiophene rings is 1. The summed E-state index contributed by atoms with van der Waals surface area (Å²) in [5.74, 6) is -1.62. The van der Waals surface area contributed by atoms with Crippen LogP contribution in [0.3, 0.4) is 0 Å². The molecule has 0 spiro atoms. The van der Waals surface area contributed by atoms with Gasteiger partial charge in [-0.1, -0.05) is 30.9 Å². The van der Waals surface area contributed by atoms with Gasteiger partial charge in [0, 0.05) is 6.04 Å². The van der Waals surface area contributed by atoms with Crippen molar-refractivity contribution in [2.75, 3.05) is 11.9 Å². The average molecular weight is 452 g/mol. The van der Waals surface area contributed by atoms with Crippen molar-refractivity contribution in [3.63, 3.8) is 0 Å². The smallest absolute Gasteiger partial charge is 0.262 e. The second-order valence-corrected chi connectivity index (χ2v) is 8.75. The Bertz CT molecular complexity index is 957. The Balaban J connectivity index is 1.56. The number of halogens is 2. The van der Waals surface area contributed by atoms with Gasteiger partial charge < -0.3 is 16.0 Å². The lowest BCUT2D eigenvalue weighted by Crippen LogP contribution is -2.42. The van der Waals surface area contributed by atoms with Crippen molar-refractivity contribution in [3.8, 4) is 0 Å². The maximum absolute atomic E-state index is 13.2. The van der Waals surface area contributed by atoms with Crippen LogP contribution in [0.1, 0.15) is 57.7 Å². The van der Waals surface area contributed by atoms with Gasteiger partial charge in [-0.25, -0.2) is 4.39 Å². The number of rotatable bonds is 6. The molecule has 0 bridgehead atoms. The van der Waals surface area contributed by atoms with Crippen molar-refractivity contribution in [1.29, 1.82) is 0 Å². The molecule has 0 atom stereocenters. The molecule has 0 saturated heterocycles. The van der Waals surface area contributed by atoms with Crippen molar-refractivity contribution in [2.24, 2.45) is 0 Å². The van der Waals surface area contributed by atoms with Crippen LogP contribution in [-0.4, -0.2) is 30.3 Å². The quantitative estimate of drug-likeness (QED) is 0.612. The fraction of sp³-hybridized carbons (Fsp3) is 0.381. The number of aryl methyl sites for hydroxylation is 1. The van der Waals surface area contributed by atoms with Crippen molar-refractivity contribution < 1.29 is 18.8 Å². The van der Waals surface area contributed by atoms with Crippen molar-refractivity contribution in [2.45, 2.75) is 45.1 Å². The van der Waals surface area contributed by atoms with Crippen molar-refractivity contribution >= 4 is 45.7 Å². The highest BCUT2D eigenvalue weighted by Gasteiger charge is 2.19. The van der Waals surface area contributed by atoms with Crippen molar-refractivity contribution in [3.05, 3.63) is 51.1 Å². The molecule has 0 radical (unpaired) electrons. The van der Waals surface area contributed by atoms with Crippen LogP contribution in [-0.2, 0) is 4.79 Å². The summed E-state index contributed by atoms with van der Waals surface area (Å²) in [7, 11) is 0. The third-order valence-electron chi connectivity index (χ3n) is 4.92. The van der Waals surface area contributed by atoms with Crippen LogP contribution < -0.4 is 16.0 Å². The van der Waals surface area contributed by atoms with Gasteiger partial charge in [-0.3, -0.25) is 14.4 Å². The Hall–Kier alpha value is -2.45. The Labute approximate surface area is 183 Å². The van der Waals surface area contributed by atoms with E-state index in [9.17, 15) is 18.8 Å². The molecule has 2 aromatic rings. The lowest BCUT2D eigenvalue weighted by Gasteiger charge is -2.22. The molecule has 9 heteroatoms. The Morgan fingerprint density at radius 2 is 1.87 bits per heavy atom. The highest BCUT2D eigenvalue weighted by atomic mass is 35.5. The summed E-state index contributed by atoms with van der Waals surface area (Å²) in [6.45, 7) is 1.65. The molecular weight excluding hydrogens is 429 g/mol. The monoisotopic (exact) mass is 451 g/mol. The summed E-state index contributed by atoms with van der Waals surface area (Å²) in [5, 5.41) is 8.70. The fourth-order valence-corrected chi connectivity index (χ4v) is 4.63. The fourth-order valence-electron chi connectivity index (χ4n) is 3.39. The highest BCUT2D eigenvalue weighted by molar-refractivity contribution is 7.18. The first-order chi connectivity index (χ1) is 14.3. The summed E-state index contributed by atoms with van der Waals surface area (Å²) in [4.78, 5) is 37.3. The lowest BCUT2D eigenvalue weighted by atomic mass is 9.95. The molecule has 1 aliphatic carbocycles. The first-order valence-electron chi connectivity index (χ1n) is 9.78. The third-order valence-corrected chi connectivity index (χ3v) is 6.38. The SMILES string of the molecule is Cc1cc(NC(=O)c2ccc(F)cc2Cl)sc1C(=O)NCC(=O)NC1CCCCC1. The average Bonchev–Trinajstić information content (AvgIpc) is 3.06. The topological polar surface area (TPSA) is 87.3 Å². The zero-order valence-electron chi connectivity index (χ0n) is 16.5. The molecule has 1 aromatic carbocycles. The number of hydrogen-bond donors (Lipinski definition) is 3. The van der Waals surface area contributed by atoms with E-state index in [1.54, 1.807) is 13.0 Å². The van der Waals surface area contributed by atoms with Crippen molar-refractivity contribution in [1.82, 2.24) is 10.6 Å². The molecule has 1 heterocycles. The molecule has 6 nitrogen and oxygen atoms in total. The van der Waals surface area contributed by atoms with Gasteiger partial charge in [0.15, 0.2) is 0 Å². The second-order valence-electron chi connectivity index (χ2n) is 7.29. The molecule has 3 rings (SSSR count). The minimum atomic E-state index is -0.532. The van der Waals surface area contributed by atoms with E-state index in [2.05, 4.69) is 16.0 Å². The van der Waals surface area contributed by atoms with Gasteiger partial charge in [0.25, 0.3) is 11.8 Å². The molecule has 1 fully saturated rings. The van der Waals surface area contributed by atoms with Gasteiger partial charge in [0.2, 0.25) is 5.91 Å². The van der Waals surface area contributed by atoms with E-state index >= 15 is 0 Å². The van der Waals surface area contributed by atoms with Gasteiger partial charge in [0.05, 0.1) is 27.0 Å².